The van der Waals surface area contributed by atoms with Crippen LogP contribution in [0.3, 0.4) is 0 Å². The standard InChI is InChI=1S/C23H21ClN4O3S/c1-15-18(24)8-9-19-20(15)26-23(32-19)28(12-3-11-27-13-10-25-14-27)21(29)16-4-6-17(7-5-16)22(30)31-2/h4-10,13-14H,3,11-12H2,1-2H3. The summed E-state index contributed by atoms with van der Waals surface area (Å²) < 4.78 is 7.67. The van der Waals surface area contributed by atoms with E-state index in [-0.39, 0.29) is 5.91 Å². The van der Waals surface area contributed by atoms with Gasteiger partial charge in [-0.3, -0.25) is 9.69 Å². The number of thiazole rings is 1. The van der Waals surface area contributed by atoms with Crippen molar-refractivity contribution >= 4 is 50.2 Å². The van der Waals surface area contributed by atoms with Crippen molar-refractivity contribution in [2.24, 2.45) is 0 Å². The van der Waals surface area contributed by atoms with Crippen LogP contribution in [0.1, 0.15) is 32.7 Å². The van der Waals surface area contributed by atoms with Crippen LogP contribution in [-0.4, -0.2) is 40.1 Å². The van der Waals surface area contributed by atoms with Crippen LogP contribution in [-0.2, 0) is 11.3 Å². The summed E-state index contributed by atoms with van der Waals surface area (Å²) in [7, 11) is 1.32. The Labute approximate surface area is 194 Å². The summed E-state index contributed by atoms with van der Waals surface area (Å²) in [5, 5.41) is 1.25. The minimum Gasteiger partial charge on any atom is -0.465 e. The highest BCUT2D eigenvalue weighted by Crippen LogP contribution is 2.34. The molecule has 9 heteroatoms. The van der Waals surface area contributed by atoms with Gasteiger partial charge in [0.2, 0.25) is 0 Å². The Morgan fingerprint density at radius 2 is 1.91 bits per heavy atom. The van der Waals surface area contributed by atoms with Gasteiger partial charge in [0, 0.05) is 36.1 Å². The Balaban J connectivity index is 1.64. The monoisotopic (exact) mass is 468 g/mol. The molecule has 164 valence electrons. The second-order valence-corrected chi connectivity index (χ2v) is 8.61. The van der Waals surface area contributed by atoms with Crippen LogP contribution in [0.5, 0.6) is 0 Å². The Bertz CT molecular complexity index is 1250. The summed E-state index contributed by atoms with van der Waals surface area (Å²) in [4.78, 5) is 35.6. The van der Waals surface area contributed by atoms with Crippen LogP contribution in [0, 0.1) is 6.92 Å². The number of benzene rings is 2. The van der Waals surface area contributed by atoms with E-state index in [2.05, 4.69) is 4.98 Å². The SMILES string of the molecule is COC(=O)c1ccc(C(=O)N(CCCn2ccnc2)c2nc3c(C)c(Cl)ccc3s2)cc1. The minimum absolute atomic E-state index is 0.185. The fourth-order valence-electron chi connectivity index (χ4n) is 3.34. The van der Waals surface area contributed by atoms with Crippen LogP contribution in [0.2, 0.25) is 5.02 Å². The number of hydrogen-bond acceptors (Lipinski definition) is 6. The molecule has 0 fully saturated rings. The fourth-order valence-corrected chi connectivity index (χ4v) is 4.54. The molecule has 0 saturated carbocycles. The molecule has 0 aliphatic heterocycles. The van der Waals surface area contributed by atoms with Gasteiger partial charge < -0.3 is 9.30 Å². The van der Waals surface area contributed by atoms with Gasteiger partial charge in [0.1, 0.15) is 0 Å². The van der Waals surface area contributed by atoms with E-state index in [1.54, 1.807) is 41.7 Å². The number of imidazole rings is 1. The number of esters is 1. The van der Waals surface area contributed by atoms with Crippen molar-refractivity contribution in [1.29, 1.82) is 0 Å². The molecular formula is C23H21ClN4O3S. The Hall–Kier alpha value is -3.23. The van der Waals surface area contributed by atoms with Gasteiger partial charge >= 0.3 is 5.97 Å². The van der Waals surface area contributed by atoms with Gasteiger partial charge in [-0.05, 0) is 55.3 Å². The normalized spacial score (nSPS) is 11.0. The zero-order chi connectivity index (χ0) is 22.7. The summed E-state index contributed by atoms with van der Waals surface area (Å²) in [5.74, 6) is -0.630. The number of ether oxygens (including phenoxy) is 1. The Morgan fingerprint density at radius 3 is 2.59 bits per heavy atom. The van der Waals surface area contributed by atoms with Gasteiger partial charge in [0.05, 0.1) is 29.2 Å². The molecule has 0 spiro atoms. The summed E-state index contributed by atoms with van der Waals surface area (Å²) in [5.41, 5.74) is 2.54. The number of aromatic nitrogens is 3. The molecule has 2 aromatic heterocycles. The van der Waals surface area contributed by atoms with E-state index in [9.17, 15) is 9.59 Å². The second kappa shape index (κ2) is 9.50. The number of amides is 1. The molecule has 2 heterocycles. The molecule has 2 aromatic carbocycles. The Morgan fingerprint density at radius 1 is 1.16 bits per heavy atom. The van der Waals surface area contributed by atoms with E-state index >= 15 is 0 Å². The van der Waals surface area contributed by atoms with Crippen LogP contribution < -0.4 is 4.90 Å². The second-order valence-electron chi connectivity index (χ2n) is 7.20. The van der Waals surface area contributed by atoms with E-state index < -0.39 is 5.97 Å². The number of halogens is 1. The molecule has 7 nitrogen and oxygen atoms in total. The number of methoxy groups -OCH3 is 1. The topological polar surface area (TPSA) is 77.3 Å². The third-order valence-corrected chi connectivity index (χ3v) is 6.58. The number of hydrogen-bond donors (Lipinski definition) is 0. The number of nitrogens with zero attached hydrogens (tertiary/aromatic N) is 4. The molecule has 0 bridgehead atoms. The molecule has 1 amide bonds. The number of carbonyl (C=O) groups excluding carboxylic acids is 2. The molecule has 4 rings (SSSR count). The smallest absolute Gasteiger partial charge is 0.337 e. The van der Waals surface area contributed by atoms with Crippen molar-refractivity contribution in [2.75, 3.05) is 18.6 Å². The van der Waals surface area contributed by atoms with Gasteiger partial charge in [-0.25, -0.2) is 14.8 Å². The number of aryl methyl sites for hydroxylation is 2. The predicted octanol–water partition coefficient (Wildman–Crippen LogP) is 4.98. The quantitative estimate of drug-likeness (QED) is 0.357. The van der Waals surface area contributed by atoms with E-state index in [0.29, 0.717) is 27.8 Å². The molecular weight excluding hydrogens is 448 g/mol. The van der Waals surface area contributed by atoms with Crippen molar-refractivity contribution in [2.45, 2.75) is 19.9 Å². The third kappa shape index (κ3) is 4.51. The predicted molar refractivity (Wildman–Crippen MR) is 126 cm³/mol. The van der Waals surface area contributed by atoms with Crippen molar-refractivity contribution in [3.05, 3.63) is 76.8 Å². The van der Waals surface area contributed by atoms with Crippen LogP contribution in [0.4, 0.5) is 5.13 Å². The molecule has 0 unspecified atom stereocenters. The van der Waals surface area contributed by atoms with E-state index in [1.807, 2.05) is 29.8 Å². The maximum Gasteiger partial charge on any atom is 0.337 e. The van der Waals surface area contributed by atoms with Gasteiger partial charge in [-0.2, -0.15) is 0 Å². The number of fused-ring (bicyclic) bond motifs is 1. The molecule has 4 aromatic rings. The average molecular weight is 469 g/mol. The molecule has 32 heavy (non-hydrogen) atoms. The van der Waals surface area contributed by atoms with Gasteiger partial charge in [0.25, 0.3) is 5.91 Å². The average Bonchev–Trinajstić information content (AvgIpc) is 3.49. The molecule has 0 saturated heterocycles. The van der Waals surface area contributed by atoms with Crippen molar-refractivity contribution in [3.8, 4) is 0 Å². The number of rotatable bonds is 7. The zero-order valence-corrected chi connectivity index (χ0v) is 19.2. The summed E-state index contributed by atoms with van der Waals surface area (Å²) in [6.45, 7) is 3.12. The molecule has 0 aliphatic rings. The lowest BCUT2D eigenvalue weighted by Gasteiger charge is -2.20. The van der Waals surface area contributed by atoms with E-state index in [4.69, 9.17) is 21.3 Å². The first kappa shape index (κ1) is 22.0. The first-order valence-corrected chi connectivity index (χ1v) is 11.2. The maximum atomic E-state index is 13.4. The third-order valence-electron chi connectivity index (χ3n) is 5.12. The molecule has 0 aliphatic carbocycles. The number of anilines is 1. The van der Waals surface area contributed by atoms with Crippen LogP contribution >= 0.6 is 22.9 Å². The molecule has 0 radical (unpaired) electrons. The van der Waals surface area contributed by atoms with Crippen LogP contribution in [0.15, 0.2) is 55.1 Å². The highest BCUT2D eigenvalue weighted by molar-refractivity contribution is 7.22. The van der Waals surface area contributed by atoms with Gasteiger partial charge in [-0.1, -0.05) is 22.9 Å². The van der Waals surface area contributed by atoms with Gasteiger partial charge in [-0.15, -0.1) is 0 Å². The van der Waals surface area contributed by atoms with E-state index in [1.165, 1.54) is 18.4 Å². The summed E-state index contributed by atoms with van der Waals surface area (Å²) in [6.07, 6.45) is 6.09. The van der Waals surface area contributed by atoms with Crippen LogP contribution in [0.25, 0.3) is 10.2 Å². The van der Waals surface area contributed by atoms with Crippen molar-refractivity contribution < 1.29 is 14.3 Å². The lowest BCUT2D eigenvalue weighted by atomic mass is 10.1. The van der Waals surface area contributed by atoms with Gasteiger partial charge in [0.15, 0.2) is 5.13 Å². The number of carbonyl (C=O) groups is 2. The van der Waals surface area contributed by atoms with E-state index in [0.717, 1.165) is 28.7 Å². The Kier molecular flexibility index (Phi) is 6.53. The highest BCUT2D eigenvalue weighted by atomic mass is 35.5. The zero-order valence-electron chi connectivity index (χ0n) is 17.6. The molecule has 0 N–H and O–H groups in total. The summed E-state index contributed by atoms with van der Waals surface area (Å²) in [6, 6.07) is 10.2. The first-order chi connectivity index (χ1) is 15.5. The minimum atomic E-state index is -0.445. The lowest BCUT2D eigenvalue weighted by Crippen LogP contribution is -2.32. The maximum absolute atomic E-state index is 13.4. The van der Waals surface area contributed by atoms with Crippen molar-refractivity contribution in [1.82, 2.24) is 14.5 Å². The fraction of sp³-hybridized carbons (Fsp3) is 0.217. The molecule has 0 atom stereocenters. The highest BCUT2D eigenvalue weighted by Gasteiger charge is 2.22. The van der Waals surface area contributed by atoms with Crippen molar-refractivity contribution in [3.63, 3.8) is 0 Å². The largest absolute Gasteiger partial charge is 0.465 e. The summed E-state index contributed by atoms with van der Waals surface area (Å²) >= 11 is 7.72. The first-order valence-electron chi connectivity index (χ1n) is 9.99. The lowest BCUT2D eigenvalue weighted by molar-refractivity contribution is 0.0600.